The maximum Gasteiger partial charge on any atom is 0.308 e. The lowest BCUT2D eigenvalue weighted by molar-refractivity contribution is -0.147. The number of aromatic nitrogens is 3. The molecule has 1 fully saturated rings. The molecule has 0 saturated carbocycles. The van der Waals surface area contributed by atoms with Gasteiger partial charge in [-0.2, -0.15) is 9.50 Å². The van der Waals surface area contributed by atoms with Crippen molar-refractivity contribution in [2.24, 2.45) is 5.92 Å². The highest BCUT2D eigenvalue weighted by Gasteiger charge is 2.34. The van der Waals surface area contributed by atoms with Gasteiger partial charge in [-0.05, 0) is 43.6 Å². The van der Waals surface area contributed by atoms with Gasteiger partial charge in [-0.3, -0.25) is 9.69 Å². The van der Waals surface area contributed by atoms with Crippen LogP contribution >= 0.6 is 11.3 Å². The molecule has 0 spiro atoms. The smallest absolute Gasteiger partial charge is 0.308 e. The number of piperidine rings is 1. The van der Waals surface area contributed by atoms with E-state index < -0.39 is 0 Å². The molecule has 160 valence electrons. The fourth-order valence-corrected chi connectivity index (χ4v) is 5.28. The van der Waals surface area contributed by atoms with E-state index in [0.717, 1.165) is 36.4 Å². The van der Waals surface area contributed by atoms with Crippen molar-refractivity contribution in [3.8, 4) is 17.5 Å². The van der Waals surface area contributed by atoms with Crippen molar-refractivity contribution in [3.63, 3.8) is 0 Å². The molecule has 0 aliphatic carbocycles. The minimum atomic E-state index is -0.152. The zero-order chi connectivity index (χ0) is 21.4. The first-order valence-corrected chi connectivity index (χ1v) is 11.0. The van der Waals surface area contributed by atoms with Gasteiger partial charge in [-0.25, -0.2) is 0 Å². The summed E-state index contributed by atoms with van der Waals surface area (Å²) in [6, 6.07) is 13.5. The quantitative estimate of drug-likeness (QED) is 0.475. The Labute approximate surface area is 182 Å². The van der Waals surface area contributed by atoms with Crippen molar-refractivity contribution >= 4 is 22.3 Å². The van der Waals surface area contributed by atoms with Gasteiger partial charge < -0.3 is 14.3 Å². The molecule has 0 bridgehead atoms. The van der Waals surface area contributed by atoms with E-state index in [4.69, 9.17) is 9.15 Å². The topological polar surface area (TPSA) is 93.1 Å². The molecule has 4 aromatic rings. The van der Waals surface area contributed by atoms with Crippen LogP contribution < -0.4 is 0 Å². The Morgan fingerprint density at radius 1 is 1.23 bits per heavy atom. The minimum Gasteiger partial charge on any atom is -0.492 e. The fraction of sp³-hybridized carbons (Fsp3) is 0.318. The summed E-state index contributed by atoms with van der Waals surface area (Å²) in [5.41, 5.74) is 1.07. The molecule has 1 aromatic carbocycles. The Balaban J connectivity index is 1.50. The molecule has 4 heterocycles. The number of methoxy groups -OCH3 is 1. The van der Waals surface area contributed by atoms with Gasteiger partial charge in [-0.1, -0.05) is 41.7 Å². The number of esters is 1. The summed E-state index contributed by atoms with van der Waals surface area (Å²) in [5.74, 6) is 0.844. The van der Waals surface area contributed by atoms with Crippen molar-refractivity contribution in [1.82, 2.24) is 19.5 Å². The molecule has 1 N–H and O–H groups in total. The summed E-state index contributed by atoms with van der Waals surface area (Å²) < 4.78 is 11.8. The van der Waals surface area contributed by atoms with E-state index in [1.165, 1.54) is 23.0 Å². The second-order valence-electron chi connectivity index (χ2n) is 7.54. The average molecular weight is 439 g/mol. The number of rotatable bonds is 5. The van der Waals surface area contributed by atoms with Crippen molar-refractivity contribution in [1.29, 1.82) is 0 Å². The van der Waals surface area contributed by atoms with Gasteiger partial charge in [0, 0.05) is 0 Å². The SMILES string of the molecule is COC(=O)C1CCN([C@H](c2ccccc2)c2sc3nc(-c4ccco4)nn3c2O)CC1. The van der Waals surface area contributed by atoms with Crippen LogP contribution in [-0.4, -0.2) is 50.8 Å². The Morgan fingerprint density at radius 3 is 2.65 bits per heavy atom. The maximum atomic E-state index is 11.9. The second-order valence-corrected chi connectivity index (χ2v) is 8.55. The largest absolute Gasteiger partial charge is 0.492 e. The van der Waals surface area contributed by atoms with Crippen LogP contribution in [0, 0.1) is 5.92 Å². The highest BCUT2D eigenvalue weighted by Crippen LogP contribution is 2.41. The van der Waals surface area contributed by atoms with Gasteiger partial charge in [0.05, 0.1) is 30.2 Å². The summed E-state index contributed by atoms with van der Waals surface area (Å²) in [6.07, 6.45) is 3.01. The Kier molecular flexibility index (Phi) is 5.21. The lowest BCUT2D eigenvalue weighted by Gasteiger charge is -2.36. The van der Waals surface area contributed by atoms with Crippen LogP contribution in [0.4, 0.5) is 0 Å². The summed E-state index contributed by atoms with van der Waals surface area (Å²) >= 11 is 1.41. The molecular weight excluding hydrogens is 416 g/mol. The summed E-state index contributed by atoms with van der Waals surface area (Å²) in [5, 5.41) is 15.5. The van der Waals surface area contributed by atoms with Gasteiger partial charge in [0.1, 0.15) is 0 Å². The van der Waals surface area contributed by atoms with E-state index >= 15 is 0 Å². The average Bonchev–Trinajstić information content (AvgIpc) is 3.54. The molecule has 5 rings (SSSR count). The molecule has 9 heteroatoms. The van der Waals surface area contributed by atoms with Crippen LogP contribution in [0.2, 0.25) is 0 Å². The summed E-state index contributed by atoms with van der Waals surface area (Å²) in [6.45, 7) is 1.45. The van der Waals surface area contributed by atoms with E-state index in [-0.39, 0.29) is 23.8 Å². The van der Waals surface area contributed by atoms with Crippen LogP contribution in [0.1, 0.15) is 29.3 Å². The predicted octanol–water partition coefficient (Wildman–Crippen LogP) is 3.73. The van der Waals surface area contributed by atoms with Crippen LogP contribution in [0.25, 0.3) is 16.5 Å². The zero-order valence-corrected chi connectivity index (χ0v) is 17.8. The second kappa shape index (κ2) is 8.16. The van der Waals surface area contributed by atoms with Gasteiger partial charge in [0.15, 0.2) is 5.76 Å². The first kappa shape index (κ1) is 19.8. The fourth-order valence-electron chi connectivity index (χ4n) is 4.16. The number of carbonyl (C=O) groups excluding carboxylic acids is 1. The number of likely N-dealkylation sites (tertiary alicyclic amines) is 1. The van der Waals surface area contributed by atoms with Crippen LogP contribution in [0.5, 0.6) is 5.88 Å². The minimum absolute atomic E-state index is 0.0780. The number of hydrogen-bond acceptors (Lipinski definition) is 8. The normalized spacial score (nSPS) is 16.5. The highest BCUT2D eigenvalue weighted by molar-refractivity contribution is 7.17. The molecule has 1 saturated heterocycles. The molecule has 31 heavy (non-hydrogen) atoms. The van der Waals surface area contributed by atoms with E-state index in [2.05, 4.69) is 27.1 Å². The van der Waals surface area contributed by atoms with Gasteiger partial charge in [0.2, 0.25) is 16.7 Å². The third kappa shape index (κ3) is 3.60. The number of fused-ring (bicyclic) bond motifs is 1. The van der Waals surface area contributed by atoms with Crippen molar-refractivity contribution in [2.75, 3.05) is 20.2 Å². The van der Waals surface area contributed by atoms with Crippen LogP contribution in [-0.2, 0) is 9.53 Å². The molecule has 0 amide bonds. The van der Waals surface area contributed by atoms with E-state index in [9.17, 15) is 9.90 Å². The summed E-state index contributed by atoms with van der Waals surface area (Å²) in [7, 11) is 1.44. The first-order chi connectivity index (χ1) is 15.2. The number of hydrogen-bond donors (Lipinski definition) is 1. The zero-order valence-electron chi connectivity index (χ0n) is 17.0. The molecule has 0 radical (unpaired) electrons. The van der Waals surface area contributed by atoms with Crippen molar-refractivity contribution in [3.05, 3.63) is 59.2 Å². The van der Waals surface area contributed by atoms with Gasteiger partial charge >= 0.3 is 5.97 Å². The predicted molar refractivity (Wildman–Crippen MR) is 115 cm³/mol. The van der Waals surface area contributed by atoms with Crippen molar-refractivity contribution in [2.45, 2.75) is 18.9 Å². The number of ether oxygens (including phenoxy) is 1. The van der Waals surface area contributed by atoms with Crippen molar-refractivity contribution < 1.29 is 19.1 Å². The highest BCUT2D eigenvalue weighted by atomic mass is 32.1. The number of thiazole rings is 1. The van der Waals surface area contributed by atoms with Gasteiger partial charge in [0.25, 0.3) is 0 Å². The lowest BCUT2D eigenvalue weighted by atomic mass is 9.94. The number of nitrogens with zero attached hydrogens (tertiary/aromatic N) is 4. The molecule has 3 aromatic heterocycles. The molecule has 0 unspecified atom stereocenters. The monoisotopic (exact) mass is 438 g/mol. The maximum absolute atomic E-state index is 11.9. The third-order valence-electron chi connectivity index (χ3n) is 5.73. The number of carbonyl (C=O) groups is 1. The van der Waals surface area contributed by atoms with E-state index in [1.807, 2.05) is 18.2 Å². The first-order valence-electron chi connectivity index (χ1n) is 10.1. The lowest BCUT2D eigenvalue weighted by Crippen LogP contribution is -2.39. The Hall–Kier alpha value is -3.17. The standard InChI is InChI=1S/C22H22N4O4S/c1-29-21(28)15-9-11-25(12-10-15)17(14-6-3-2-4-7-14)18-20(27)26-22(31-18)23-19(24-26)16-8-5-13-30-16/h2-8,13,15,17,27H,9-12H2,1H3/t17-/m1/s1. The molecule has 1 aliphatic heterocycles. The summed E-state index contributed by atoms with van der Waals surface area (Å²) in [4.78, 5) is 20.2. The molecule has 8 nitrogen and oxygen atoms in total. The van der Waals surface area contributed by atoms with E-state index in [0.29, 0.717) is 16.5 Å². The van der Waals surface area contributed by atoms with Gasteiger partial charge in [-0.15, -0.1) is 5.10 Å². The molecular formula is C22H22N4O4S. The third-order valence-corrected chi connectivity index (χ3v) is 6.81. The number of furan rings is 1. The van der Waals surface area contributed by atoms with Crippen LogP contribution in [0.3, 0.4) is 0 Å². The molecule has 1 atom stereocenters. The number of aromatic hydroxyl groups is 1. The Bertz CT molecular complexity index is 1180. The Morgan fingerprint density at radius 2 is 2.00 bits per heavy atom. The molecule has 1 aliphatic rings. The van der Waals surface area contributed by atoms with Crippen LogP contribution in [0.15, 0.2) is 53.1 Å². The number of benzene rings is 1. The van der Waals surface area contributed by atoms with E-state index in [1.54, 1.807) is 18.4 Å².